The van der Waals surface area contributed by atoms with E-state index < -0.39 is 46.8 Å². The number of aryl methyl sites for hydroxylation is 2. The molecule has 5 rings (SSSR count). The lowest BCUT2D eigenvalue weighted by molar-refractivity contribution is -0.137. The smallest absolute Gasteiger partial charge is 0.341 e. The molecule has 3 aromatic carbocycles. The van der Waals surface area contributed by atoms with Crippen molar-refractivity contribution in [2.24, 2.45) is 7.05 Å². The van der Waals surface area contributed by atoms with Crippen LogP contribution in [0.5, 0.6) is 0 Å². The first-order chi connectivity index (χ1) is 17.9. The van der Waals surface area contributed by atoms with Gasteiger partial charge >= 0.3 is 6.18 Å². The topological polar surface area (TPSA) is 76.0 Å². The number of carbonyl (C=O) groups is 2. The summed E-state index contributed by atoms with van der Waals surface area (Å²) in [7, 11) is 1.68. The van der Waals surface area contributed by atoms with E-state index in [4.69, 9.17) is 11.6 Å². The van der Waals surface area contributed by atoms with Crippen molar-refractivity contribution in [1.82, 2.24) is 15.1 Å². The fourth-order valence-electron chi connectivity index (χ4n) is 4.77. The highest BCUT2D eigenvalue weighted by Crippen LogP contribution is 2.43. The minimum atomic E-state index is -4.88. The van der Waals surface area contributed by atoms with Crippen LogP contribution in [-0.4, -0.2) is 21.6 Å². The molecule has 196 valence electrons. The molecule has 0 saturated heterocycles. The highest BCUT2D eigenvalue weighted by Gasteiger charge is 2.38. The van der Waals surface area contributed by atoms with Gasteiger partial charge in [0.15, 0.2) is 0 Å². The van der Waals surface area contributed by atoms with Gasteiger partial charge < -0.3 is 10.6 Å². The number of anilines is 1. The quantitative estimate of drug-likeness (QED) is 0.299. The molecular weight excluding hydrogens is 531 g/mol. The van der Waals surface area contributed by atoms with E-state index in [0.29, 0.717) is 29.5 Å². The molecule has 0 radical (unpaired) electrons. The molecule has 1 unspecified atom stereocenters. The molecule has 2 N–H and O–H groups in total. The Kier molecular flexibility index (Phi) is 6.13. The molecule has 6 nitrogen and oxygen atoms in total. The van der Waals surface area contributed by atoms with E-state index in [1.165, 1.54) is 6.07 Å². The van der Waals surface area contributed by atoms with Crippen LogP contribution in [0.2, 0.25) is 5.02 Å². The second-order valence-electron chi connectivity index (χ2n) is 8.79. The predicted molar refractivity (Wildman–Crippen MR) is 130 cm³/mol. The van der Waals surface area contributed by atoms with Crippen molar-refractivity contribution in [3.63, 3.8) is 0 Å². The van der Waals surface area contributed by atoms with Crippen LogP contribution < -0.4 is 10.6 Å². The molecular formula is C26H18ClF5N4O2. The van der Waals surface area contributed by atoms with Gasteiger partial charge in [-0.25, -0.2) is 8.78 Å². The zero-order valence-corrected chi connectivity index (χ0v) is 20.6. The van der Waals surface area contributed by atoms with Crippen molar-refractivity contribution in [2.45, 2.75) is 25.6 Å². The number of hydrogen-bond acceptors (Lipinski definition) is 3. The third kappa shape index (κ3) is 4.26. The fraction of sp³-hybridized carbons (Fsp3) is 0.192. The molecule has 0 aliphatic carbocycles. The lowest BCUT2D eigenvalue weighted by atomic mass is 9.93. The average Bonchev–Trinajstić information content (AvgIpc) is 3.35. The van der Waals surface area contributed by atoms with Crippen molar-refractivity contribution in [2.75, 3.05) is 5.32 Å². The van der Waals surface area contributed by atoms with Gasteiger partial charge in [0.25, 0.3) is 11.8 Å². The number of aromatic nitrogens is 2. The number of carbonyl (C=O) groups excluding carboxylic acids is 2. The Morgan fingerprint density at radius 3 is 2.55 bits per heavy atom. The minimum Gasteiger partial charge on any atom is -0.341 e. The van der Waals surface area contributed by atoms with E-state index in [9.17, 15) is 31.5 Å². The molecule has 2 amide bonds. The summed E-state index contributed by atoms with van der Waals surface area (Å²) in [5.74, 6) is -3.46. The molecule has 0 fully saturated rings. The maximum atomic E-state index is 14.1. The summed E-state index contributed by atoms with van der Waals surface area (Å²) in [5, 5.41) is 10.4. The molecule has 1 atom stereocenters. The Bertz CT molecular complexity index is 1650. The Balaban J connectivity index is 1.71. The largest absolute Gasteiger partial charge is 0.416 e. The summed E-state index contributed by atoms with van der Waals surface area (Å²) in [4.78, 5) is 26.3. The molecule has 38 heavy (non-hydrogen) atoms. The highest BCUT2D eigenvalue weighted by molar-refractivity contribution is 6.31. The summed E-state index contributed by atoms with van der Waals surface area (Å²) in [5.41, 5.74) is -0.286. The van der Waals surface area contributed by atoms with Gasteiger partial charge in [-0.05, 0) is 48.9 Å². The first-order valence-electron chi connectivity index (χ1n) is 11.4. The van der Waals surface area contributed by atoms with E-state index >= 15 is 0 Å². The maximum absolute atomic E-state index is 14.1. The maximum Gasteiger partial charge on any atom is 0.416 e. The van der Waals surface area contributed by atoms with Gasteiger partial charge in [-0.1, -0.05) is 18.5 Å². The number of benzene rings is 3. The van der Waals surface area contributed by atoms with Crippen molar-refractivity contribution in [3.05, 3.63) is 92.6 Å². The van der Waals surface area contributed by atoms with Gasteiger partial charge in [0.1, 0.15) is 17.2 Å². The third-order valence-electron chi connectivity index (χ3n) is 6.42. The summed E-state index contributed by atoms with van der Waals surface area (Å²) in [6, 6.07) is 5.62. The van der Waals surface area contributed by atoms with Crippen LogP contribution in [-0.2, 0) is 19.6 Å². The van der Waals surface area contributed by atoms with Gasteiger partial charge in [-0.3, -0.25) is 14.3 Å². The summed E-state index contributed by atoms with van der Waals surface area (Å²) in [6.07, 6.45) is -4.36. The minimum absolute atomic E-state index is 0.0571. The van der Waals surface area contributed by atoms with Crippen LogP contribution in [0.4, 0.5) is 27.6 Å². The van der Waals surface area contributed by atoms with Crippen LogP contribution in [0.1, 0.15) is 56.1 Å². The van der Waals surface area contributed by atoms with Crippen molar-refractivity contribution < 1.29 is 31.5 Å². The molecule has 1 aromatic heterocycles. The number of nitrogens with one attached hydrogen (secondary N) is 2. The lowest BCUT2D eigenvalue weighted by Gasteiger charge is -2.18. The zero-order valence-electron chi connectivity index (χ0n) is 19.8. The van der Waals surface area contributed by atoms with Gasteiger partial charge in [-0.15, -0.1) is 0 Å². The number of fused-ring (bicyclic) bond motifs is 3. The second kappa shape index (κ2) is 9.09. The average molecular weight is 549 g/mol. The van der Waals surface area contributed by atoms with Gasteiger partial charge in [0.05, 0.1) is 17.2 Å². The van der Waals surface area contributed by atoms with Crippen LogP contribution in [0, 0.1) is 11.6 Å². The number of halogens is 6. The number of amides is 2. The molecule has 1 aliphatic heterocycles. The SMILES string of the molecule is CCc1c2cc(NC(=O)c3cc(F)cc(C(F)(F)F)c3)c3c(c2nn1C)C(=O)NC3c1cc(F)ccc1Cl. The van der Waals surface area contributed by atoms with E-state index in [1.807, 2.05) is 6.92 Å². The molecule has 2 heterocycles. The first kappa shape index (κ1) is 25.7. The Morgan fingerprint density at radius 2 is 1.87 bits per heavy atom. The number of alkyl halides is 3. The van der Waals surface area contributed by atoms with Crippen molar-refractivity contribution in [3.8, 4) is 0 Å². The standard InChI is InChI=1S/C26H18ClF5N4O2/c1-3-19-16-10-18(33-24(37)11-6-12(26(30,31)32)8-14(29)7-11)20-21(23(16)35-36(19)2)25(38)34-22(20)15-9-13(28)4-5-17(15)27/h4-10,22H,3H2,1-2H3,(H,33,37)(H,34,38). The van der Waals surface area contributed by atoms with E-state index in [0.717, 1.165) is 17.8 Å². The first-order valence-corrected chi connectivity index (χ1v) is 11.7. The van der Waals surface area contributed by atoms with Crippen molar-refractivity contribution >= 4 is 40.0 Å². The second-order valence-corrected chi connectivity index (χ2v) is 9.19. The van der Waals surface area contributed by atoms with E-state index in [-0.39, 0.29) is 33.5 Å². The van der Waals surface area contributed by atoms with Crippen molar-refractivity contribution in [1.29, 1.82) is 0 Å². The van der Waals surface area contributed by atoms with Crippen LogP contribution in [0.3, 0.4) is 0 Å². The predicted octanol–water partition coefficient (Wildman–Crippen LogP) is 6.17. The number of hydrogen-bond donors (Lipinski definition) is 2. The summed E-state index contributed by atoms with van der Waals surface area (Å²) >= 11 is 6.32. The lowest BCUT2D eigenvalue weighted by Crippen LogP contribution is -2.21. The number of rotatable bonds is 4. The zero-order chi connectivity index (χ0) is 27.5. The third-order valence-corrected chi connectivity index (χ3v) is 6.77. The van der Waals surface area contributed by atoms with Crippen LogP contribution in [0.25, 0.3) is 10.9 Å². The molecule has 12 heteroatoms. The van der Waals surface area contributed by atoms with Gasteiger partial charge in [0.2, 0.25) is 0 Å². The van der Waals surface area contributed by atoms with Crippen LogP contribution >= 0.6 is 11.6 Å². The molecule has 0 bridgehead atoms. The molecule has 1 aliphatic rings. The Labute approximate surface area is 217 Å². The van der Waals surface area contributed by atoms with E-state index in [1.54, 1.807) is 17.8 Å². The summed E-state index contributed by atoms with van der Waals surface area (Å²) < 4.78 is 69.4. The van der Waals surface area contributed by atoms with Gasteiger partial charge in [-0.2, -0.15) is 18.3 Å². The molecule has 0 spiro atoms. The normalized spacial score (nSPS) is 15.1. The van der Waals surface area contributed by atoms with E-state index in [2.05, 4.69) is 15.7 Å². The monoisotopic (exact) mass is 548 g/mol. The van der Waals surface area contributed by atoms with Gasteiger partial charge in [0, 0.05) is 45.5 Å². The Hall–Kier alpha value is -3.99. The molecule has 0 saturated carbocycles. The van der Waals surface area contributed by atoms with Crippen LogP contribution in [0.15, 0.2) is 42.5 Å². The number of nitrogens with zero attached hydrogens (tertiary/aromatic N) is 2. The fourth-order valence-corrected chi connectivity index (χ4v) is 5.00. The molecule has 4 aromatic rings. The Morgan fingerprint density at radius 1 is 1.13 bits per heavy atom. The summed E-state index contributed by atoms with van der Waals surface area (Å²) in [6.45, 7) is 1.86. The highest BCUT2D eigenvalue weighted by atomic mass is 35.5.